The Bertz CT molecular complexity index is 312. The molecule has 6 nitrogen and oxygen atoms in total. The fourth-order valence-corrected chi connectivity index (χ4v) is 1.29. The van der Waals surface area contributed by atoms with Gasteiger partial charge in [-0.05, 0) is 19.8 Å². The van der Waals surface area contributed by atoms with E-state index in [2.05, 4.69) is 20.8 Å². The summed E-state index contributed by atoms with van der Waals surface area (Å²) >= 11 is 0. The molecule has 2 rings (SSSR count). The first-order valence-electron chi connectivity index (χ1n) is 5.76. The highest BCUT2D eigenvalue weighted by molar-refractivity contribution is 5.16. The average molecular weight is 226 g/mol. The van der Waals surface area contributed by atoms with Gasteiger partial charge in [0.2, 0.25) is 5.89 Å². The molecule has 1 saturated carbocycles. The molecule has 0 bridgehead atoms. The summed E-state index contributed by atoms with van der Waals surface area (Å²) in [6.45, 7) is 4.68. The van der Waals surface area contributed by atoms with E-state index in [1.165, 1.54) is 12.8 Å². The maximum atomic E-state index is 5.39. The second-order valence-electron chi connectivity index (χ2n) is 3.78. The Morgan fingerprint density at radius 1 is 1.44 bits per heavy atom. The zero-order valence-electron chi connectivity index (χ0n) is 9.53. The smallest absolute Gasteiger partial charge is 0.315 e. The molecule has 0 radical (unpaired) electrons. The Balaban J connectivity index is 1.64. The Morgan fingerprint density at radius 2 is 2.31 bits per heavy atom. The highest BCUT2D eigenvalue weighted by Gasteiger charge is 2.21. The van der Waals surface area contributed by atoms with Crippen LogP contribution < -0.4 is 10.6 Å². The van der Waals surface area contributed by atoms with Gasteiger partial charge in [-0.2, -0.15) is 0 Å². The summed E-state index contributed by atoms with van der Waals surface area (Å²) in [6, 6.07) is 1.12. The lowest BCUT2D eigenvalue weighted by molar-refractivity contribution is 0.157. The van der Waals surface area contributed by atoms with Crippen molar-refractivity contribution in [3.8, 4) is 0 Å². The minimum atomic E-state index is 0.465. The topological polar surface area (TPSA) is 72.2 Å². The first-order chi connectivity index (χ1) is 7.88. The van der Waals surface area contributed by atoms with E-state index in [9.17, 15) is 0 Å². The van der Waals surface area contributed by atoms with Gasteiger partial charge in [0.1, 0.15) is 0 Å². The van der Waals surface area contributed by atoms with Gasteiger partial charge in [-0.15, -0.1) is 5.10 Å². The molecule has 0 amide bonds. The molecule has 1 aliphatic rings. The van der Waals surface area contributed by atoms with Crippen molar-refractivity contribution in [3.63, 3.8) is 0 Å². The van der Waals surface area contributed by atoms with Crippen molar-refractivity contribution in [1.29, 1.82) is 0 Å². The number of ether oxygens (including phenoxy) is 1. The molecule has 1 heterocycles. The predicted octanol–water partition coefficient (Wildman–Crippen LogP) is 0.770. The lowest BCUT2D eigenvalue weighted by Gasteiger charge is -2.00. The van der Waals surface area contributed by atoms with Crippen LogP contribution in [0.5, 0.6) is 0 Å². The van der Waals surface area contributed by atoms with Crippen molar-refractivity contribution < 1.29 is 9.15 Å². The van der Waals surface area contributed by atoms with Crippen LogP contribution in [0, 0.1) is 0 Å². The van der Waals surface area contributed by atoms with Crippen LogP contribution in [0.4, 0.5) is 6.01 Å². The van der Waals surface area contributed by atoms with Crippen molar-refractivity contribution in [2.24, 2.45) is 0 Å². The minimum Gasteiger partial charge on any atom is -0.407 e. The normalized spacial score (nSPS) is 15.3. The molecular formula is C10H18N4O2. The quantitative estimate of drug-likeness (QED) is 0.638. The molecule has 0 spiro atoms. The molecule has 1 aliphatic carbocycles. The van der Waals surface area contributed by atoms with Crippen LogP contribution in [0.25, 0.3) is 0 Å². The lowest BCUT2D eigenvalue weighted by Crippen LogP contribution is -2.15. The van der Waals surface area contributed by atoms with Crippen molar-refractivity contribution in [2.45, 2.75) is 32.4 Å². The van der Waals surface area contributed by atoms with Crippen molar-refractivity contribution in [3.05, 3.63) is 5.89 Å². The van der Waals surface area contributed by atoms with Crippen LogP contribution in [0.3, 0.4) is 0 Å². The molecule has 16 heavy (non-hydrogen) atoms. The van der Waals surface area contributed by atoms with Crippen molar-refractivity contribution in [2.75, 3.05) is 25.1 Å². The predicted molar refractivity (Wildman–Crippen MR) is 59.1 cm³/mol. The van der Waals surface area contributed by atoms with Crippen LogP contribution in [-0.2, 0) is 11.3 Å². The van der Waals surface area contributed by atoms with Gasteiger partial charge in [0.15, 0.2) is 0 Å². The number of rotatable bonds is 8. The number of anilines is 1. The zero-order valence-corrected chi connectivity index (χ0v) is 9.53. The average Bonchev–Trinajstić information content (AvgIpc) is 3.02. The van der Waals surface area contributed by atoms with Gasteiger partial charge < -0.3 is 19.8 Å². The molecule has 1 aromatic heterocycles. The Labute approximate surface area is 94.8 Å². The van der Waals surface area contributed by atoms with Crippen molar-refractivity contribution in [1.82, 2.24) is 15.5 Å². The molecule has 1 aromatic rings. The standard InChI is InChI=1S/C10H18N4O2/c1-2-15-6-5-11-10-14-13-9(16-10)7-12-8-3-4-8/h8,12H,2-7H2,1H3,(H,11,14). The fourth-order valence-electron chi connectivity index (χ4n) is 1.29. The first kappa shape index (κ1) is 11.3. The molecule has 0 unspecified atom stereocenters. The summed E-state index contributed by atoms with van der Waals surface area (Å²) in [7, 11) is 0. The molecule has 2 N–H and O–H groups in total. The first-order valence-corrected chi connectivity index (χ1v) is 5.76. The van der Waals surface area contributed by atoms with Gasteiger partial charge in [-0.25, -0.2) is 0 Å². The summed E-state index contributed by atoms with van der Waals surface area (Å²) in [5.41, 5.74) is 0. The molecule has 0 saturated heterocycles. The van der Waals surface area contributed by atoms with E-state index < -0.39 is 0 Å². The number of nitrogens with zero attached hydrogens (tertiary/aromatic N) is 2. The minimum absolute atomic E-state index is 0.465. The van der Waals surface area contributed by atoms with E-state index in [0.29, 0.717) is 37.6 Å². The van der Waals surface area contributed by atoms with E-state index in [1.54, 1.807) is 0 Å². The van der Waals surface area contributed by atoms with Crippen LogP contribution >= 0.6 is 0 Å². The second kappa shape index (κ2) is 5.81. The van der Waals surface area contributed by atoms with Crippen LogP contribution in [-0.4, -0.2) is 36.0 Å². The molecule has 0 atom stereocenters. The van der Waals surface area contributed by atoms with E-state index in [-0.39, 0.29) is 0 Å². The van der Waals surface area contributed by atoms with E-state index in [1.807, 2.05) is 6.92 Å². The third kappa shape index (κ3) is 3.79. The van der Waals surface area contributed by atoms with Crippen LogP contribution in [0.2, 0.25) is 0 Å². The highest BCUT2D eigenvalue weighted by atomic mass is 16.5. The van der Waals surface area contributed by atoms with E-state index in [4.69, 9.17) is 9.15 Å². The highest BCUT2D eigenvalue weighted by Crippen LogP contribution is 2.19. The largest absolute Gasteiger partial charge is 0.407 e. The Hall–Kier alpha value is -1.14. The Kier molecular flexibility index (Phi) is 4.12. The van der Waals surface area contributed by atoms with Gasteiger partial charge in [0.05, 0.1) is 13.2 Å². The maximum absolute atomic E-state index is 5.39. The fraction of sp³-hybridized carbons (Fsp3) is 0.800. The molecule has 6 heteroatoms. The summed E-state index contributed by atoms with van der Waals surface area (Å²) in [6.07, 6.45) is 2.52. The number of aromatic nitrogens is 2. The third-order valence-electron chi connectivity index (χ3n) is 2.31. The maximum Gasteiger partial charge on any atom is 0.315 e. The van der Waals surface area contributed by atoms with Crippen LogP contribution in [0.15, 0.2) is 4.42 Å². The lowest BCUT2D eigenvalue weighted by atomic mass is 10.6. The van der Waals surface area contributed by atoms with Crippen molar-refractivity contribution >= 4 is 6.01 Å². The van der Waals surface area contributed by atoms with Gasteiger partial charge in [0, 0.05) is 19.2 Å². The SMILES string of the molecule is CCOCCNc1nnc(CNC2CC2)o1. The monoisotopic (exact) mass is 226 g/mol. The molecule has 0 aliphatic heterocycles. The number of hydrogen-bond acceptors (Lipinski definition) is 6. The summed E-state index contributed by atoms with van der Waals surface area (Å²) < 4.78 is 10.6. The van der Waals surface area contributed by atoms with E-state index >= 15 is 0 Å². The van der Waals surface area contributed by atoms with E-state index in [0.717, 1.165) is 6.61 Å². The summed E-state index contributed by atoms with van der Waals surface area (Å²) in [5.74, 6) is 0.630. The van der Waals surface area contributed by atoms with Crippen LogP contribution in [0.1, 0.15) is 25.7 Å². The second-order valence-corrected chi connectivity index (χ2v) is 3.78. The van der Waals surface area contributed by atoms with Gasteiger partial charge >= 0.3 is 6.01 Å². The summed E-state index contributed by atoms with van der Waals surface area (Å²) in [4.78, 5) is 0. The van der Waals surface area contributed by atoms with Gasteiger partial charge in [0.25, 0.3) is 0 Å². The number of hydrogen-bond donors (Lipinski definition) is 2. The van der Waals surface area contributed by atoms with Gasteiger partial charge in [-0.1, -0.05) is 5.10 Å². The molecular weight excluding hydrogens is 208 g/mol. The molecule has 0 aromatic carbocycles. The summed E-state index contributed by atoms with van der Waals surface area (Å²) in [5, 5.41) is 14.1. The zero-order chi connectivity index (χ0) is 11.2. The molecule has 1 fully saturated rings. The number of nitrogens with one attached hydrogen (secondary N) is 2. The Morgan fingerprint density at radius 3 is 3.06 bits per heavy atom. The molecule has 90 valence electrons. The third-order valence-corrected chi connectivity index (χ3v) is 2.31. The van der Waals surface area contributed by atoms with Gasteiger partial charge in [-0.3, -0.25) is 0 Å².